The van der Waals surface area contributed by atoms with Gasteiger partial charge >= 0.3 is 5.69 Å². The first-order chi connectivity index (χ1) is 10.0. The van der Waals surface area contributed by atoms with Crippen molar-refractivity contribution < 1.29 is 4.92 Å². The summed E-state index contributed by atoms with van der Waals surface area (Å²) in [6.45, 7) is 1.85. The summed E-state index contributed by atoms with van der Waals surface area (Å²) in [5.74, 6) is 0. The molecule has 0 bridgehead atoms. The lowest BCUT2D eigenvalue weighted by Crippen LogP contribution is -2.09. The normalized spacial score (nSPS) is 11.5. The molecule has 2 rings (SSSR count). The SMILES string of the molecule is CC(Nc1cccc(C#N)c1[N+](=O)[O-])c1ccccc1Cl. The minimum absolute atomic E-state index is 0.0244. The molecule has 0 aliphatic heterocycles. The summed E-state index contributed by atoms with van der Waals surface area (Å²) in [4.78, 5) is 10.6. The first kappa shape index (κ1) is 14.8. The quantitative estimate of drug-likeness (QED) is 0.674. The molecule has 0 fully saturated rings. The third-order valence-electron chi connectivity index (χ3n) is 3.08. The Balaban J connectivity index is 2.39. The number of nitrogens with zero attached hydrogens (tertiary/aromatic N) is 2. The maximum atomic E-state index is 11.2. The maximum absolute atomic E-state index is 11.2. The molecule has 0 heterocycles. The van der Waals surface area contributed by atoms with Gasteiger partial charge < -0.3 is 5.32 Å². The number of nitriles is 1. The summed E-state index contributed by atoms with van der Waals surface area (Å²) in [7, 11) is 0. The van der Waals surface area contributed by atoms with Gasteiger partial charge in [0.15, 0.2) is 0 Å². The van der Waals surface area contributed by atoms with Crippen molar-refractivity contribution in [2.45, 2.75) is 13.0 Å². The van der Waals surface area contributed by atoms with Crippen LogP contribution < -0.4 is 5.32 Å². The molecule has 0 saturated heterocycles. The molecule has 6 heteroatoms. The van der Waals surface area contributed by atoms with Crippen molar-refractivity contribution in [2.24, 2.45) is 0 Å². The van der Waals surface area contributed by atoms with Gasteiger partial charge in [-0.15, -0.1) is 0 Å². The molecule has 2 aromatic rings. The third kappa shape index (κ3) is 3.12. The molecular weight excluding hydrogens is 290 g/mol. The lowest BCUT2D eigenvalue weighted by molar-refractivity contribution is -0.384. The van der Waals surface area contributed by atoms with Crippen molar-refractivity contribution in [3.05, 3.63) is 68.7 Å². The van der Waals surface area contributed by atoms with Crippen LogP contribution in [-0.4, -0.2) is 4.92 Å². The zero-order valence-electron chi connectivity index (χ0n) is 11.2. The van der Waals surface area contributed by atoms with Crippen LogP contribution in [0.15, 0.2) is 42.5 Å². The summed E-state index contributed by atoms with van der Waals surface area (Å²) in [5.41, 5.74) is 0.928. The van der Waals surface area contributed by atoms with Gasteiger partial charge in [-0.2, -0.15) is 5.26 Å². The molecule has 0 spiro atoms. The standard InChI is InChI=1S/C15H12ClN3O2/c1-10(12-6-2-3-7-13(12)16)18-14-8-4-5-11(9-17)15(14)19(20)21/h2-8,10,18H,1H3. The summed E-state index contributed by atoms with van der Waals surface area (Å²) < 4.78 is 0. The monoisotopic (exact) mass is 301 g/mol. The van der Waals surface area contributed by atoms with Crippen molar-refractivity contribution in [2.75, 3.05) is 5.32 Å². The minimum atomic E-state index is -0.555. The van der Waals surface area contributed by atoms with Gasteiger partial charge in [0.2, 0.25) is 0 Å². The third-order valence-corrected chi connectivity index (χ3v) is 3.43. The second-order valence-electron chi connectivity index (χ2n) is 4.46. The summed E-state index contributed by atoms with van der Waals surface area (Å²) in [6, 6.07) is 13.5. The van der Waals surface area contributed by atoms with E-state index in [9.17, 15) is 10.1 Å². The van der Waals surface area contributed by atoms with Crippen molar-refractivity contribution >= 4 is 23.0 Å². The first-order valence-corrected chi connectivity index (χ1v) is 6.61. The van der Waals surface area contributed by atoms with Gasteiger partial charge in [0.05, 0.1) is 11.0 Å². The molecule has 0 radical (unpaired) electrons. The van der Waals surface area contributed by atoms with Crippen molar-refractivity contribution in [1.29, 1.82) is 5.26 Å². The molecule has 21 heavy (non-hydrogen) atoms. The van der Waals surface area contributed by atoms with E-state index in [1.807, 2.05) is 31.2 Å². The Morgan fingerprint density at radius 2 is 2.00 bits per heavy atom. The lowest BCUT2D eigenvalue weighted by Gasteiger charge is -2.17. The van der Waals surface area contributed by atoms with Gasteiger partial charge in [-0.3, -0.25) is 10.1 Å². The van der Waals surface area contributed by atoms with E-state index in [-0.39, 0.29) is 17.3 Å². The lowest BCUT2D eigenvalue weighted by atomic mass is 10.1. The second kappa shape index (κ2) is 6.25. The average Bonchev–Trinajstić information content (AvgIpc) is 2.46. The Bertz CT molecular complexity index is 725. The summed E-state index contributed by atoms with van der Waals surface area (Å²) >= 11 is 6.12. The van der Waals surface area contributed by atoms with Crippen LogP contribution in [0.5, 0.6) is 0 Å². The number of benzene rings is 2. The molecule has 0 saturated carbocycles. The van der Waals surface area contributed by atoms with Crippen molar-refractivity contribution in [3.8, 4) is 6.07 Å². The molecule has 0 amide bonds. The van der Waals surface area contributed by atoms with Crippen LogP contribution in [0.25, 0.3) is 0 Å². The van der Waals surface area contributed by atoms with Gasteiger partial charge in [-0.05, 0) is 30.7 Å². The highest BCUT2D eigenvalue weighted by Crippen LogP contribution is 2.32. The second-order valence-corrected chi connectivity index (χ2v) is 4.87. The molecule has 2 aromatic carbocycles. The average molecular weight is 302 g/mol. The number of halogens is 1. The van der Waals surface area contributed by atoms with Gasteiger partial charge in [-0.1, -0.05) is 35.9 Å². The largest absolute Gasteiger partial charge is 0.373 e. The fourth-order valence-corrected chi connectivity index (χ4v) is 2.38. The van der Waals surface area contributed by atoms with E-state index in [2.05, 4.69) is 5.32 Å². The number of para-hydroxylation sites is 1. The van der Waals surface area contributed by atoms with Crippen molar-refractivity contribution in [3.63, 3.8) is 0 Å². The molecule has 0 aliphatic rings. The van der Waals surface area contributed by atoms with Crippen molar-refractivity contribution in [1.82, 2.24) is 0 Å². The van der Waals surface area contributed by atoms with Crippen LogP contribution in [0.2, 0.25) is 5.02 Å². The summed E-state index contributed by atoms with van der Waals surface area (Å²) in [5, 5.41) is 23.8. The van der Waals surface area contributed by atoms with E-state index in [0.717, 1.165) is 5.56 Å². The summed E-state index contributed by atoms with van der Waals surface area (Å²) in [6.07, 6.45) is 0. The predicted molar refractivity (Wildman–Crippen MR) is 81.3 cm³/mol. The van der Waals surface area contributed by atoms with Gasteiger partial charge in [-0.25, -0.2) is 0 Å². The van der Waals surface area contributed by atoms with E-state index in [0.29, 0.717) is 10.7 Å². The molecule has 0 aliphatic carbocycles. The molecule has 0 aromatic heterocycles. The zero-order chi connectivity index (χ0) is 15.4. The smallest absolute Gasteiger partial charge is 0.309 e. The van der Waals surface area contributed by atoms with Crippen LogP contribution in [0, 0.1) is 21.4 Å². The Hall–Kier alpha value is -2.58. The molecule has 1 atom stereocenters. The number of hydrogen-bond acceptors (Lipinski definition) is 4. The highest BCUT2D eigenvalue weighted by atomic mass is 35.5. The number of hydrogen-bond donors (Lipinski definition) is 1. The van der Waals surface area contributed by atoms with Gasteiger partial charge in [0.25, 0.3) is 0 Å². The highest BCUT2D eigenvalue weighted by Gasteiger charge is 2.21. The Kier molecular flexibility index (Phi) is 4.41. The van der Waals surface area contributed by atoms with E-state index in [4.69, 9.17) is 16.9 Å². The number of nitro groups is 1. The fourth-order valence-electron chi connectivity index (χ4n) is 2.08. The Morgan fingerprint density at radius 3 is 2.62 bits per heavy atom. The molecule has 1 unspecified atom stereocenters. The first-order valence-electron chi connectivity index (χ1n) is 6.23. The molecule has 106 valence electrons. The Labute approximate surface area is 126 Å². The van der Waals surface area contributed by atoms with Gasteiger partial charge in [0.1, 0.15) is 17.3 Å². The van der Waals surface area contributed by atoms with Crippen LogP contribution in [0.4, 0.5) is 11.4 Å². The van der Waals surface area contributed by atoms with E-state index < -0.39 is 4.92 Å². The van der Waals surface area contributed by atoms with Crippen LogP contribution in [-0.2, 0) is 0 Å². The Morgan fingerprint density at radius 1 is 1.29 bits per heavy atom. The van der Waals surface area contributed by atoms with Gasteiger partial charge in [0, 0.05) is 5.02 Å². The zero-order valence-corrected chi connectivity index (χ0v) is 12.0. The van der Waals surface area contributed by atoms with Crippen LogP contribution in [0.1, 0.15) is 24.1 Å². The van der Waals surface area contributed by atoms with E-state index in [1.165, 1.54) is 6.07 Å². The molecule has 1 N–H and O–H groups in total. The number of anilines is 1. The van der Waals surface area contributed by atoms with E-state index >= 15 is 0 Å². The molecule has 5 nitrogen and oxygen atoms in total. The number of rotatable bonds is 4. The maximum Gasteiger partial charge on any atom is 0.309 e. The number of nitrogens with one attached hydrogen (secondary N) is 1. The highest BCUT2D eigenvalue weighted by molar-refractivity contribution is 6.31. The molecular formula is C15H12ClN3O2. The topological polar surface area (TPSA) is 79.0 Å². The van der Waals surface area contributed by atoms with Crippen LogP contribution in [0.3, 0.4) is 0 Å². The number of nitro benzene ring substituents is 1. The fraction of sp³-hybridized carbons (Fsp3) is 0.133. The predicted octanol–water partition coefficient (Wildman–Crippen LogP) is 4.29. The minimum Gasteiger partial charge on any atom is -0.373 e. The van der Waals surface area contributed by atoms with Crippen LogP contribution >= 0.6 is 11.6 Å². The van der Waals surface area contributed by atoms with E-state index in [1.54, 1.807) is 18.2 Å².